The second-order valence-corrected chi connectivity index (χ2v) is 6.11. The highest BCUT2D eigenvalue weighted by atomic mass is 35.5. The Morgan fingerprint density at radius 2 is 2.05 bits per heavy atom. The van der Waals surface area contributed by atoms with E-state index in [1.165, 1.54) is 0 Å². The van der Waals surface area contributed by atoms with Crippen LogP contribution >= 0.6 is 23.4 Å². The summed E-state index contributed by atoms with van der Waals surface area (Å²) in [5, 5.41) is 12.9. The number of carbonyl (C=O) groups excluding carboxylic acids is 1. The third-order valence-electron chi connectivity index (χ3n) is 3.45. The van der Waals surface area contributed by atoms with Crippen molar-refractivity contribution in [2.75, 3.05) is 6.26 Å². The molecule has 1 aromatic carbocycles. The van der Waals surface area contributed by atoms with Gasteiger partial charge in [-0.05, 0) is 50.1 Å². The largest absolute Gasteiger partial charge is 0.393 e. The average molecular weight is 300 g/mol. The summed E-state index contributed by atoms with van der Waals surface area (Å²) in [4.78, 5) is 13.2. The van der Waals surface area contributed by atoms with E-state index in [9.17, 15) is 9.90 Å². The molecule has 5 heteroatoms. The molecule has 0 atom stereocenters. The van der Waals surface area contributed by atoms with Crippen LogP contribution in [0.4, 0.5) is 0 Å². The number of halogens is 1. The maximum Gasteiger partial charge on any atom is 0.253 e. The van der Waals surface area contributed by atoms with E-state index in [2.05, 4.69) is 5.32 Å². The summed E-state index contributed by atoms with van der Waals surface area (Å²) >= 11 is 7.66. The SMILES string of the molecule is CSc1ccc(Cl)c(C(=O)NC2CCC(O)CC2)c1. The van der Waals surface area contributed by atoms with Gasteiger partial charge in [0.2, 0.25) is 0 Å². The lowest BCUT2D eigenvalue weighted by Crippen LogP contribution is -2.38. The molecule has 104 valence electrons. The zero-order valence-electron chi connectivity index (χ0n) is 10.9. The standard InChI is InChI=1S/C14H18ClNO2S/c1-19-11-6-7-13(15)12(8-11)14(18)16-9-2-4-10(17)5-3-9/h6-10,17H,2-5H2,1H3,(H,16,18). The monoisotopic (exact) mass is 299 g/mol. The Morgan fingerprint density at radius 1 is 1.37 bits per heavy atom. The summed E-state index contributed by atoms with van der Waals surface area (Å²) in [5.74, 6) is -0.123. The molecule has 0 spiro atoms. The molecule has 0 aromatic heterocycles. The molecule has 19 heavy (non-hydrogen) atoms. The summed E-state index contributed by atoms with van der Waals surface area (Å²) in [6, 6.07) is 5.62. The molecular weight excluding hydrogens is 282 g/mol. The van der Waals surface area contributed by atoms with Gasteiger partial charge in [-0.3, -0.25) is 4.79 Å². The van der Waals surface area contributed by atoms with Crippen molar-refractivity contribution in [2.45, 2.75) is 42.7 Å². The fourth-order valence-electron chi connectivity index (χ4n) is 2.29. The summed E-state index contributed by atoms with van der Waals surface area (Å²) in [7, 11) is 0. The molecule has 3 nitrogen and oxygen atoms in total. The van der Waals surface area contributed by atoms with Crippen molar-refractivity contribution in [3.8, 4) is 0 Å². The van der Waals surface area contributed by atoms with Crippen LogP contribution in [0.25, 0.3) is 0 Å². The van der Waals surface area contributed by atoms with Crippen molar-refractivity contribution in [2.24, 2.45) is 0 Å². The first-order valence-electron chi connectivity index (χ1n) is 6.42. The van der Waals surface area contributed by atoms with E-state index in [4.69, 9.17) is 11.6 Å². The van der Waals surface area contributed by atoms with Crippen molar-refractivity contribution in [3.05, 3.63) is 28.8 Å². The minimum atomic E-state index is -0.212. The maximum absolute atomic E-state index is 12.2. The molecule has 0 heterocycles. The van der Waals surface area contributed by atoms with Crippen molar-refractivity contribution in [1.29, 1.82) is 0 Å². The number of nitrogens with one attached hydrogen (secondary N) is 1. The lowest BCUT2D eigenvalue weighted by atomic mass is 9.93. The van der Waals surface area contributed by atoms with Gasteiger partial charge in [-0.1, -0.05) is 11.6 Å². The quantitative estimate of drug-likeness (QED) is 0.843. The molecule has 2 rings (SSSR count). The molecule has 0 saturated heterocycles. The smallest absolute Gasteiger partial charge is 0.253 e. The van der Waals surface area contributed by atoms with Gasteiger partial charge in [-0.25, -0.2) is 0 Å². The fraction of sp³-hybridized carbons (Fsp3) is 0.500. The van der Waals surface area contributed by atoms with Crippen LogP contribution in [-0.4, -0.2) is 29.4 Å². The lowest BCUT2D eigenvalue weighted by molar-refractivity contribution is 0.0867. The van der Waals surface area contributed by atoms with Gasteiger partial charge >= 0.3 is 0 Å². The van der Waals surface area contributed by atoms with Gasteiger partial charge in [0.05, 0.1) is 16.7 Å². The van der Waals surface area contributed by atoms with Gasteiger partial charge in [-0.15, -0.1) is 11.8 Å². The number of rotatable bonds is 3. The molecule has 1 fully saturated rings. The number of benzene rings is 1. The van der Waals surface area contributed by atoms with Gasteiger partial charge in [-0.2, -0.15) is 0 Å². The zero-order chi connectivity index (χ0) is 13.8. The van der Waals surface area contributed by atoms with Crippen LogP contribution in [0.3, 0.4) is 0 Å². The van der Waals surface area contributed by atoms with Gasteiger partial charge in [0.25, 0.3) is 5.91 Å². The van der Waals surface area contributed by atoms with Crippen LogP contribution in [0, 0.1) is 0 Å². The van der Waals surface area contributed by atoms with Gasteiger partial charge in [0, 0.05) is 10.9 Å². The molecule has 1 aliphatic carbocycles. The second-order valence-electron chi connectivity index (χ2n) is 4.82. The van der Waals surface area contributed by atoms with Crippen LogP contribution in [-0.2, 0) is 0 Å². The average Bonchev–Trinajstić information content (AvgIpc) is 2.42. The third-order valence-corrected chi connectivity index (χ3v) is 4.51. The fourth-order valence-corrected chi connectivity index (χ4v) is 2.93. The zero-order valence-corrected chi connectivity index (χ0v) is 12.4. The van der Waals surface area contributed by atoms with Crippen LogP contribution in [0.2, 0.25) is 5.02 Å². The third kappa shape index (κ3) is 3.88. The number of aliphatic hydroxyl groups excluding tert-OH is 1. The summed E-state index contributed by atoms with van der Waals surface area (Å²) < 4.78 is 0. The number of carbonyl (C=O) groups is 1. The number of amides is 1. The number of hydrogen-bond acceptors (Lipinski definition) is 3. The van der Waals surface area contributed by atoms with E-state index in [0.29, 0.717) is 10.6 Å². The van der Waals surface area contributed by atoms with Gasteiger partial charge in [0.15, 0.2) is 0 Å². The Morgan fingerprint density at radius 3 is 2.68 bits per heavy atom. The molecule has 1 aromatic rings. The molecule has 0 bridgehead atoms. The maximum atomic E-state index is 12.2. The molecular formula is C14H18ClNO2S. The normalized spacial score (nSPS) is 23.1. The molecule has 1 aliphatic rings. The molecule has 0 unspecified atom stereocenters. The predicted octanol–water partition coefficient (Wildman–Crippen LogP) is 3.10. The first kappa shape index (κ1) is 14.7. The Labute approximate surface area is 122 Å². The summed E-state index contributed by atoms with van der Waals surface area (Å²) in [6.07, 6.45) is 4.91. The minimum absolute atomic E-state index is 0.123. The number of hydrogen-bond donors (Lipinski definition) is 2. The van der Waals surface area contributed by atoms with E-state index in [1.54, 1.807) is 17.8 Å². The molecule has 0 aliphatic heterocycles. The highest BCUT2D eigenvalue weighted by Crippen LogP contribution is 2.24. The van der Waals surface area contributed by atoms with E-state index in [-0.39, 0.29) is 18.1 Å². The summed E-state index contributed by atoms with van der Waals surface area (Å²) in [5.41, 5.74) is 0.527. The van der Waals surface area contributed by atoms with E-state index in [0.717, 1.165) is 30.6 Å². The first-order valence-corrected chi connectivity index (χ1v) is 8.03. The predicted molar refractivity (Wildman–Crippen MR) is 79.0 cm³/mol. The van der Waals surface area contributed by atoms with Crippen molar-refractivity contribution < 1.29 is 9.90 Å². The Balaban J connectivity index is 2.03. The topological polar surface area (TPSA) is 49.3 Å². The Hall–Kier alpha value is -0.710. The van der Waals surface area contributed by atoms with Crippen LogP contribution in [0.1, 0.15) is 36.0 Å². The second kappa shape index (κ2) is 6.64. The van der Waals surface area contributed by atoms with Crippen LogP contribution in [0.5, 0.6) is 0 Å². The van der Waals surface area contributed by atoms with Crippen molar-refractivity contribution in [3.63, 3.8) is 0 Å². The Kier molecular flexibility index (Phi) is 5.13. The molecule has 0 radical (unpaired) electrons. The highest BCUT2D eigenvalue weighted by molar-refractivity contribution is 7.98. The van der Waals surface area contributed by atoms with Gasteiger partial charge < -0.3 is 10.4 Å². The number of thioether (sulfide) groups is 1. The molecule has 1 amide bonds. The van der Waals surface area contributed by atoms with Crippen molar-refractivity contribution in [1.82, 2.24) is 5.32 Å². The summed E-state index contributed by atoms with van der Waals surface area (Å²) in [6.45, 7) is 0. The van der Waals surface area contributed by atoms with Crippen LogP contribution < -0.4 is 5.32 Å². The van der Waals surface area contributed by atoms with Crippen molar-refractivity contribution >= 4 is 29.3 Å². The Bertz CT molecular complexity index is 459. The first-order chi connectivity index (χ1) is 9.10. The molecule has 2 N–H and O–H groups in total. The molecule has 1 saturated carbocycles. The van der Waals surface area contributed by atoms with E-state index >= 15 is 0 Å². The van der Waals surface area contributed by atoms with Crippen LogP contribution in [0.15, 0.2) is 23.1 Å². The van der Waals surface area contributed by atoms with E-state index in [1.807, 2.05) is 18.4 Å². The lowest BCUT2D eigenvalue weighted by Gasteiger charge is -2.26. The van der Waals surface area contributed by atoms with E-state index < -0.39 is 0 Å². The minimum Gasteiger partial charge on any atom is -0.393 e. The highest BCUT2D eigenvalue weighted by Gasteiger charge is 2.22. The number of aliphatic hydroxyl groups is 1. The van der Waals surface area contributed by atoms with Gasteiger partial charge in [0.1, 0.15) is 0 Å².